The van der Waals surface area contributed by atoms with E-state index in [1.54, 1.807) is 64.8 Å². The average molecular weight is 639 g/mol. The molecule has 5 N–H and O–H groups in total. The van der Waals surface area contributed by atoms with Gasteiger partial charge < -0.3 is 36.1 Å². The number of nitrogens with zero attached hydrogens (tertiary/aromatic N) is 2. The zero-order valence-electron chi connectivity index (χ0n) is 27.2. The lowest BCUT2D eigenvalue weighted by Gasteiger charge is -2.24. The van der Waals surface area contributed by atoms with E-state index >= 15 is 0 Å². The van der Waals surface area contributed by atoms with Crippen molar-refractivity contribution >= 4 is 23.7 Å². The molecule has 11 nitrogen and oxygen atoms in total. The number of rotatable bonds is 14. The van der Waals surface area contributed by atoms with Crippen molar-refractivity contribution in [3.05, 3.63) is 119 Å². The summed E-state index contributed by atoms with van der Waals surface area (Å²) in [6, 6.07) is 24.8. The summed E-state index contributed by atoms with van der Waals surface area (Å²) >= 11 is 0. The highest BCUT2D eigenvalue weighted by molar-refractivity contribution is 5.92. The minimum Gasteiger partial charge on any atom is -0.497 e. The molecule has 1 atom stereocenters. The molecular weight excluding hydrogens is 596 g/mol. The Balaban J connectivity index is 1.52. The van der Waals surface area contributed by atoms with E-state index in [-0.39, 0.29) is 24.4 Å². The molecule has 11 heteroatoms. The molecule has 0 bridgehead atoms. The number of aromatic nitrogens is 1. The highest BCUT2D eigenvalue weighted by Crippen LogP contribution is 2.28. The van der Waals surface area contributed by atoms with Crippen LogP contribution in [0.1, 0.15) is 40.2 Å². The Morgan fingerprint density at radius 3 is 1.77 bits per heavy atom. The predicted molar refractivity (Wildman–Crippen MR) is 181 cm³/mol. The number of nitrogens with one attached hydrogen (secondary N) is 3. The van der Waals surface area contributed by atoms with Crippen LogP contribution in [-0.2, 0) is 29.1 Å². The van der Waals surface area contributed by atoms with Crippen molar-refractivity contribution < 1.29 is 23.9 Å². The van der Waals surface area contributed by atoms with E-state index in [9.17, 15) is 14.4 Å². The van der Waals surface area contributed by atoms with Crippen LogP contribution < -0.4 is 31.2 Å². The van der Waals surface area contributed by atoms with E-state index in [0.29, 0.717) is 36.7 Å². The van der Waals surface area contributed by atoms with Gasteiger partial charge in [0.25, 0.3) is 0 Å². The van der Waals surface area contributed by atoms with Gasteiger partial charge in [-0.05, 0) is 77.1 Å². The summed E-state index contributed by atoms with van der Waals surface area (Å²) in [5, 5.41) is 8.85. The van der Waals surface area contributed by atoms with Gasteiger partial charge in [0.2, 0.25) is 11.8 Å². The fraction of sp³-hybridized carbons (Fsp3) is 0.278. The zero-order chi connectivity index (χ0) is 33.8. The summed E-state index contributed by atoms with van der Waals surface area (Å²) in [4.78, 5) is 45.1. The predicted octanol–water partition coefficient (Wildman–Crippen LogP) is 4.02. The maximum Gasteiger partial charge on any atom is 0.317 e. The number of hydrogen-bond acceptors (Lipinski definition) is 7. The van der Waals surface area contributed by atoms with E-state index in [0.717, 1.165) is 27.8 Å². The van der Waals surface area contributed by atoms with Gasteiger partial charge in [-0.3, -0.25) is 9.59 Å². The number of hydrogen-bond donors (Lipinski definition) is 4. The van der Waals surface area contributed by atoms with Gasteiger partial charge in [0.05, 0.1) is 20.1 Å². The molecule has 0 fully saturated rings. The van der Waals surface area contributed by atoms with Crippen LogP contribution in [0.5, 0.6) is 11.5 Å². The fourth-order valence-corrected chi connectivity index (χ4v) is 5.00. The number of nitrogen functional groups attached to an aromatic ring is 1. The van der Waals surface area contributed by atoms with Gasteiger partial charge in [-0.25, -0.2) is 9.78 Å². The molecule has 47 heavy (non-hydrogen) atoms. The smallest absolute Gasteiger partial charge is 0.317 e. The summed E-state index contributed by atoms with van der Waals surface area (Å²) in [5.74, 6) is 0.394. The number of carbonyl (C=O) groups excluding carboxylic acids is 3. The lowest BCUT2D eigenvalue weighted by Crippen LogP contribution is -2.48. The number of pyridine rings is 1. The summed E-state index contributed by atoms with van der Waals surface area (Å²) in [7, 11) is 6.54. The normalized spacial score (nSPS) is 11.3. The molecule has 1 unspecified atom stereocenters. The highest BCUT2D eigenvalue weighted by Gasteiger charge is 2.28. The maximum atomic E-state index is 14.1. The Hall–Kier alpha value is -5.58. The SMILES string of the molecule is COc1ccc(C(C(=O)NC(CCc2ccnc(N)c2)C(=O)NCc2ccc(CNC(=O)N(C)C)cc2)c2ccc(OC)cc2)cc1. The minimum absolute atomic E-state index is 0.176. The number of urea groups is 1. The topological polar surface area (TPSA) is 148 Å². The Morgan fingerprint density at radius 1 is 0.745 bits per heavy atom. The third kappa shape index (κ3) is 9.95. The second-order valence-electron chi connectivity index (χ2n) is 11.3. The first kappa shape index (κ1) is 34.3. The molecular formula is C36H42N6O5. The van der Waals surface area contributed by atoms with Gasteiger partial charge in [-0.15, -0.1) is 0 Å². The van der Waals surface area contributed by atoms with Gasteiger partial charge in [-0.2, -0.15) is 0 Å². The second-order valence-corrected chi connectivity index (χ2v) is 11.3. The van der Waals surface area contributed by atoms with Gasteiger partial charge in [0.1, 0.15) is 23.4 Å². The van der Waals surface area contributed by atoms with Crippen LogP contribution in [0.2, 0.25) is 0 Å². The Labute approximate surface area is 275 Å². The van der Waals surface area contributed by atoms with Gasteiger partial charge in [-0.1, -0.05) is 48.5 Å². The van der Waals surface area contributed by atoms with Crippen LogP contribution in [0, 0.1) is 0 Å². The summed E-state index contributed by atoms with van der Waals surface area (Å²) < 4.78 is 10.6. The van der Waals surface area contributed by atoms with Gasteiger partial charge >= 0.3 is 6.03 Å². The maximum absolute atomic E-state index is 14.1. The minimum atomic E-state index is -0.837. The van der Waals surface area contributed by atoms with E-state index in [1.165, 1.54) is 4.90 Å². The van der Waals surface area contributed by atoms with Crippen LogP contribution >= 0.6 is 0 Å². The van der Waals surface area contributed by atoms with E-state index in [4.69, 9.17) is 15.2 Å². The molecule has 1 aromatic heterocycles. The van der Waals surface area contributed by atoms with Crippen LogP contribution in [0.3, 0.4) is 0 Å². The summed E-state index contributed by atoms with van der Waals surface area (Å²) in [5.41, 5.74) is 10.1. The molecule has 0 aliphatic heterocycles. The zero-order valence-corrected chi connectivity index (χ0v) is 27.2. The first-order chi connectivity index (χ1) is 22.7. The fourth-order valence-electron chi connectivity index (χ4n) is 5.00. The van der Waals surface area contributed by atoms with Crippen molar-refractivity contribution in [3.63, 3.8) is 0 Å². The highest BCUT2D eigenvalue weighted by atomic mass is 16.5. The standard InChI is InChI=1S/C36H42N6O5/c1-42(2)36(45)40-23-26-7-5-25(6-8-26)22-39-34(43)31(18-9-24-19-20-38-32(37)21-24)41-35(44)33(27-10-14-29(46-3)15-11-27)28-12-16-30(47-4)17-13-28/h5-8,10-17,19-21,31,33H,9,18,22-23H2,1-4H3,(H2,37,38)(H,39,43)(H,40,45)(H,41,44). The quantitative estimate of drug-likeness (QED) is 0.163. The van der Waals surface area contributed by atoms with Crippen LogP contribution in [0.25, 0.3) is 0 Å². The lowest BCUT2D eigenvalue weighted by molar-refractivity contribution is -0.129. The number of aryl methyl sites for hydroxylation is 1. The second kappa shape index (κ2) is 16.6. The molecule has 0 radical (unpaired) electrons. The summed E-state index contributed by atoms with van der Waals surface area (Å²) in [6.07, 6.45) is 2.45. The first-order valence-corrected chi connectivity index (χ1v) is 15.3. The summed E-state index contributed by atoms with van der Waals surface area (Å²) in [6.45, 7) is 0.652. The van der Waals surface area contributed by atoms with E-state index in [1.807, 2.05) is 54.6 Å². The number of amides is 4. The van der Waals surface area contributed by atoms with E-state index in [2.05, 4.69) is 20.9 Å². The third-order valence-corrected chi connectivity index (χ3v) is 7.70. The number of methoxy groups -OCH3 is 2. The molecule has 3 aromatic carbocycles. The number of benzene rings is 3. The number of nitrogens with two attached hydrogens (primary N) is 1. The third-order valence-electron chi connectivity index (χ3n) is 7.70. The molecule has 0 spiro atoms. The molecule has 4 rings (SSSR count). The van der Waals surface area contributed by atoms with Crippen molar-refractivity contribution in [2.24, 2.45) is 0 Å². The van der Waals surface area contributed by atoms with Crippen LogP contribution in [-0.4, -0.2) is 62.1 Å². The molecule has 0 saturated heterocycles. The molecule has 0 aliphatic rings. The number of ether oxygens (including phenoxy) is 2. The molecule has 246 valence electrons. The van der Waals surface area contributed by atoms with Crippen LogP contribution in [0.15, 0.2) is 91.1 Å². The van der Waals surface area contributed by atoms with Crippen LogP contribution in [0.4, 0.5) is 10.6 Å². The van der Waals surface area contributed by atoms with Crippen molar-refractivity contribution in [2.75, 3.05) is 34.0 Å². The number of carbonyl (C=O) groups is 3. The van der Waals surface area contributed by atoms with Gasteiger partial charge in [0, 0.05) is 33.4 Å². The molecule has 4 amide bonds. The Kier molecular flexibility index (Phi) is 12.1. The molecule has 0 aliphatic carbocycles. The Morgan fingerprint density at radius 2 is 1.28 bits per heavy atom. The van der Waals surface area contributed by atoms with Crippen molar-refractivity contribution in [2.45, 2.75) is 37.9 Å². The number of anilines is 1. The van der Waals surface area contributed by atoms with Gasteiger partial charge in [0.15, 0.2) is 0 Å². The monoisotopic (exact) mass is 638 g/mol. The lowest BCUT2D eigenvalue weighted by atomic mass is 9.89. The largest absolute Gasteiger partial charge is 0.497 e. The molecule has 4 aromatic rings. The molecule has 1 heterocycles. The Bertz CT molecular complexity index is 1580. The average Bonchev–Trinajstić information content (AvgIpc) is 3.09. The van der Waals surface area contributed by atoms with E-state index < -0.39 is 12.0 Å². The first-order valence-electron chi connectivity index (χ1n) is 15.3. The van der Waals surface area contributed by atoms with Crippen molar-refractivity contribution in [3.8, 4) is 11.5 Å². The molecule has 0 saturated carbocycles. The van der Waals surface area contributed by atoms with Crippen molar-refractivity contribution in [1.29, 1.82) is 0 Å². The van der Waals surface area contributed by atoms with Crippen molar-refractivity contribution in [1.82, 2.24) is 25.8 Å².